The minimum Gasteiger partial charge on any atom is -0.456 e. The monoisotopic (exact) mass is 1900 g/mol. The molecule has 0 amide bonds. The predicted octanol–water partition coefficient (Wildman–Crippen LogP) is 37.2. The van der Waals surface area contributed by atoms with Gasteiger partial charge in [-0.25, -0.2) is 9.97 Å². The Morgan fingerprint density at radius 1 is 0.188 bits per heavy atom. The van der Waals surface area contributed by atoms with Gasteiger partial charge in [-0.3, -0.25) is 19.9 Å². The topological polar surface area (TPSA) is 115 Å². The molecule has 0 saturated heterocycles. The minimum atomic E-state index is 0.638. The molecule has 14 nitrogen and oxygen atoms in total. The Hall–Kier alpha value is -20.4. The van der Waals surface area contributed by atoms with E-state index in [0.29, 0.717) is 5.95 Å². The van der Waals surface area contributed by atoms with E-state index in [2.05, 4.69) is 453 Å². The van der Waals surface area contributed by atoms with Crippen molar-refractivity contribution in [1.82, 2.24) is 29.5 Å². The van der Waals surface area contributed by atoms with Crippen LogP contribution in [0.4, 0.5) is 103 Å². The summed E-state index contributed by atoms with van der Waals surface area (Å²) in [6, 6.07) is 170. The Morgan fingerprint density at radius 2 is 0.577 bits per heavy atom. The molecule has 696 valence electrons. The van der Waals surface area contributed by atoms with Gasteiger partial charge in [0, 0.05) is 139 Å². The number of hydrogen-bond donors (Lipinski definition) is 0. The molecule has 7 aromatic heterocycles. The molecule has 0 N–H and O–H groups in total. The molecule has 14 heteroatoms. The van der Waals surface area contributed by atoms with E-state index in [9.17, 15) is 0 Å². The molecule has 3 aliphatic heterocycles. The van der Waals surface area contributed by atoms with Crippen molar-refractivity contribution in [3.63, 3.8) is 0 Å². The standard InChI is InChI=1S/C48H30N4O.C47H30N4.C40H24N4O/c1-3-14-36-31(12-1)23-25-43-46(36)51(35-29-33(40-18-7-9-26-49-40)28-34(30-35)41-19-8-10-27-50-41)42-24-22-32-13-2-4-15-37(32)47(42)52(43)44-20-11-17-39-38-16-5-6-21-45(38)53-48(39)44;1-2-15-34(16-3-1)49-41-21-11-10-20-39(41)40-28-35(24-27-42(40)49)50-43-25-22-32-13-5-9-19-38(32)47(43)51(45-30-48-29-33-14-6-7-17-36(33)45)44-26-23-31-12-4-8-18-37(31)46(44)50;1-4-12-29-25(9-1)18-21-35-38(29)43(28-19-22-37-32(23-28)31-14-6-8-16-36(31)45-37)34-20-17-26-10-2-5-13-30(26)39(34)44(35)40-41-24-27-11-3-7-15-33(27)42-40/h1-30H;1-30H;1-24H. The van der Waals surface area contributed by atoms with Crippen LogP contribution in [0.1, 0.15) is 0 Å². The normalized spacial score (nSPS) is 12.6. The predicted molar refractivity (Wildman–Crippen MR) is 617 cm³/mol. The van der Waals surface area contributed by atoms with Crippen LogP contribution in [0.25, 0.3) is 180 Å². The molecule has 0 atom stereocenters. The largest absolute Gasteiger partial charge is 0.456 e. The van der Waals surface area contributed by atoms with Gasteiger partial charge >= 0.3 is 0 Å². The molecule has 0 bridgehead atoms. The van der Waals surface area contributed by atoms with Crippen molar-refractivity contribution >= 4 is 255 Å². The number of para-hydroxylation sites is 6. The Labute approximate surface area is 854 Å². The molecular weight excluding hydrogens is 1820 g/mol. The molecule has 29 aromatic rings. The van der Waals surface area contributed by atoms with E-state index >= 15 is 0 Å². The quantitative estimate of drug-likeness (QED) is 0.137. The molecule has 0 radical (unpaired) electrons. The second kappa shape index (κ2) is 34.2. The first-order valence-corrected chi connectivity index (χ1v) is 50.3. The lowest BCUT2D eigenvalue weighted by molar-refractivity contribution is 0.668. The number of anilines is 18. The van der Waals surface area contributed by atoms with Crippen molar-refractivity contribution in [2.75, 3.05) is 29.4 Å². The van der Waals surface area contributed by atoms with Gasteiger partial charge in [-0.05, 0) is 190 Å². The van der Waals surface area contributed by atoms with Crippen LogP contribution in [0.2, 0.25) is 0 Å². The molecule has 32 rings (SSSR count). The average Bonchev–Trinajstić information content (AvgIpc) is 1.19. The van der Waals surface area contributed by atoms with Crippen LogP contribution in [-0.4, -0.2) is 29.5 Å². The van der Waals surface area contributed by atoms with Crippen molar-refractivity contribution in [2.45, 2.75) is 0 Å². The zero-order valence-electron chi connectivity index (χ0n) is 80.2. The lowest BCUT2D eigenvalue weighted by Gasteiger charge is -2.42. The Balaban J connectivity index is 0.000000103. The van der Waals surface area contributed by atoms with Crippen LogP contribution < -0.4 is 29.4 Å². The molecule has 0 aliphatic carbocycles. The molecule has 22 aromatic carbocycles. The maximum Gasteiger partial charge on any atom is 0.235 e. The fraction of sp³-hybridized carbons (Fsp3) is 0. The number of benzene rings is 22. The highest BCUT2D eigenvalue weighted by atomic mass is 16.3. The lowest BCUT2D eigenvalue weighted by atomic mass is 9.95. The Bertz CT molecular complexity index is 10500. The Morgan fingerprint density at radius 3 is 1.11 bits per heavy atom. The SMILES string of the molecule is c1ccc(-c2cc(-c3ccccn3)cc(N3c4ccc5ccccc5c4N(c4cccc5c4oc4ccccc45)c4ccc5ccccc5c43)c2)nc1.c1ccc(-n2c3ccccc3c3cc(N4c5ccc6ccccc6c5N(c5cncc6ccccc56)c5ccc6ccccc6c54)ccc32)cc1.c1ccc2nc(N3c4ccc5ccccc5c4N(c4ccc5oc6ccccc6c5c4)c4ccc5ccccc5c43)ncc2c1. The third-order valence-corrected chi connectivity index (χ3v) is 29.9. The van der Waals surface area contributed by atoms with Crippen molar-refractivity contribution in [3.05, 3.63) is 510 Å². The highest BCUT2D eigenvalue weighted by molar-refractivity contribution is 6.25. The molecule has 0 saturated carbocycles. The first-order chi connectivity index (χ1) is 73.9. The van der Waals surface area contributed by atoms with Gasteiger partial charge in [0.05, 0.1) is 114 Å². The summed E-state index contributed by atoms with van der Waals surface area (Å²) in [5.74, 6) is 0.638. The zero-order chi connectivity index (χ0) is 97.8. The molecular formula is C135H84N12O2. The maximum atomic E-state index is 6.74. The smallest absolute Gasteiger partial charge is 0.235 e. The summed E-state index contributed by atoms with van der Waals surface area (Å²) in [6.45, 7) is 0. The van der Waals surface area contributed by atoms with E-state index in [-0.39, 0.29) is 0 Å². The summed E-state index contributed by atoms with van der Waals surface area (Å²) < 4.78 is 15.3. The van der Waals surface area contributed by atoms with Gasteiger partial charge in [0.15, 0.2) is 5.58 Å². The van der Waals surface area contributed by atoms with E-state index < -0.39 is 0 Å². The van der Waals surface area contributed by atoms with Gasteiger partial charge in [-0.2, -0.15) is 0 Å². The van der Waals surface area contributed by atoms with E-state index in [1.165, 1.54) is 48.7 Å². The average molecular weight is 1910 g/mol. The molecule has 0 unspecified atom stereocenters. The highest BCUT2D eigenvalue weighted by Gasteiger charge is 2.40. The van der Waals surface area contributed by atoms with Crippen LogP contribution in [-0.2, 0) is 0 Å². The van der Waals surface area contributed by atoms with Crippen LogP contribution in [0.5, 0.6) is 0 Å². The number of rotatable bonds is 9. The first kappa shape index (κ1) is 84.3. The lowest BCUT2D eigenvalue weighted by Crippen LogP contribution is -2.25. The van der Waals surface area contributed by atoms with Crippen LogP contribution in [0.3, 0.4) is 0 Å². The van der Waals surface area contributed by atoms with Gasteiger partial charge in [-0.15, -0.1) is 0 Å². The van der Waals surface area contributed by atoms with E-state index in [0.717, 1.165) is 228 Å². The molecule has 0 fully saturated rings. The van der Waals surface area contributed by atoms with Gasteiger partial charge in [0.25, 0.3) is 0 Å². The van der Waals surface area contributed by atoms with Crippen molar-refractivity contribution in [3.8, 4) is 28.2 Å². The number of fused-ring (bicyclic) bond motifs is 29. The first-order valence-electron chi connectivity index (χ1n) is 50.3. The third-order valence-electron chi connectivity index (χ3n) is 29.9. The van der Waals surface area contributed by atoms with E-state index in [1.807, 2.05) is 91.6 Å². The van der Waals surface area contributed by atoms with Gasteiger partial charge in [0.2, 0.25) is 5.95 Å². The minimum absolute atomic E-state index is 0.638. The second-order valence-corrected chi connectivity index (χ2v) is 38.2. The Kier molecular flexibility index (Phi) is 19.4. The number of furan rings is 2. The summed E-state index contributed by atoms with van der Waals surface area (Å²) in [4.78, 5) is 38.9. The second-order valence-electron chi connectivity index (χ2n) is 38.2. The zero-order valence-corrected chi connectivity index (χ0v) is 80.2. The number of nitrogens with zero attached hydrogens (tertiary/aromatic N) is 12. The third kappa shape index (κ3) is 13.6. The van der Waals surface area contributed by atoms with Crippen LogP contribution >= 0.6 is 0 Å². The number of hydrogen-bond acceptors (Lipinski definition) is 13. The highest BCUT2D eigenvalue weighted by Crippen LogP contribution is 2.64. The van der Waals surface area contributed by atoms with Crippen molar-refractivity contribution in [1.29, 1.82) is 0 Å². The summed E-state index contributed by atoms with van der Waals surface area (Å²) in [7, 11) is 0. The van der Waals surface area contributed by atoms with Gasteiger partial charge in [-0.1, -0.05) is 322 Å². The van der Waals surface area contributed by atoms with E-state index in [4.69, 9.17) is 33.8 Å². The van der Waals surface area contributed by atoms with E-state index in [1.54, 1.807) is 0 Å². The van der Waals surface area contributed by atoms with Crippen LogP contribution in [0, 0.1) is 0 Å². The van der Waals surface area contributed by atoms with Crippen molar-refractivity contribution < 1.29 is 8.83 Å². The summed E-state index contributed by atoms with van der Waals surface area (Å²) in [5.41, 5.74) is 30.0. The summed E-state index contributed by atoms with van der Waals surface area (Å²) in [6.07, 6.45) is 9.61. The molecule has 0 spiro atoms. The van der Waals surface area contributed by atoms with Crippen LogP contribution in [0.15, 0.2) is 519 Å². The summed E-state index contributed by atoms with van der Waals surface area (Å²) >= 11 is 0. The fourth-order valence-electron chi connectivity index (χ4n) is 23.4. The van der Waals surface area contributed by atoms with Gasteiger partial charge in [0.1, 0.15) is 16.7 Å². The number of pyridine rings is 3. The maximum absolute atomic E-state index is 6.74. The summed E-state index contributed by atoms with van der Waals surface area (Å²) in [5, 5.41) is 24.1. The molecule has 149 heavy (non-hydrogen) atoms. The van der Waals surface area contributed by atoms with Gasteiger partial charge < -0.3 is 37.9 Å². The number of aromatic nitrogens is 6. The van der Waals surface area contributed by atoms with Crippen molar-refractivity contribution in [2.24, 2.45) is 0 Å². The fourth-order valence-corrected chi connectivity index (χ4v) is 23.4. The molecule has 10 heterocycles. The molecule has 3 aliphatic rings.